The average molecular weight is 531 g/mol. The Morgan fingerprint density at radius 2 is 1.95 bits per heavy atom. The van der Waals surface area contributed by atoms with Crippen molar-refractivity contribution in [3.63, 3.8) is 0 Å². The Morgan fingerprint density at radius 3 is 2.66 bits per heavy atom. The van der Waals surface area contributed by atoms with Gasteiger partial charge in [-0.25, -0.2) is 4.79 Å². The lowest BCUT2D eigenvalue weighted by molar-refractivity contribution is -0.384. The molecule has 38 heavy (non-hydrogen) atoms. The van der Waals surface area contributed by atoms with Crippen LogP contribution in [-0.4, -0.2) is 46.1 Å². The lowest BCUT2D eigenvalue weighted by Gasteiger charge is -2.46. The fourth-order valence-corrected chi connectivity index (χ4v) is 4.65. The lowest BCUT2D eigenvalue weighted by Crippen LogP contribution is -2.63. The van der Waals surface area contributed by atoms with Gasteiger partial charge < -0.3 is 19.7 Å². The fraction of sp³-hybridized carbons (Fsp3) is 0.467. The summed E-state index contributed by atoms with van der Waals surface area (Å²) in [7, 11) is 0. The minimum absolute atomic E-state index is 0.161. The lowest BCUT2D eigenvalue weighted by atomic mass is 9.87. The third kappa shape index (κ3) is 8.20. The standard InChI is InChI=1S/C30H36F2O6/c1-21(13-14-23-10-6-4-7-11-23)15-16-29(36)30(31,32)26-20-25(38-29)17-22(2)9-5-3-8-12-24(18-27(33)34)19-28(35)37-26/h3-4,6-11,13,19,25-26,36H,5,12,14-18,20H2,1-2H3,(H,33,34)/b8-3+,21-13+,22-9+,24-19+/t25-,26-,29+/m1/s1. The van der Waals surface area contributed by atoms with E-state index >= 15 is 8.78 Å². The number of esters is 1. The van der Waals surface area contributed by atoms with Crippen molar-refractivity contribution in [2.45, 2.75) is 89.1 Å². The maximum Gasteiger partial charge on any atom is 0.336 e. The Kier molecular flexibility index (Phi) is 10.2. The summed E-state index contributed by atoms with van der Waals surface area (Å²) in [4.78, 5) is 23.8. The molecule has 0 radical (unpaired) electrons. The van der Waals surface area contributed by atoms with Crippen molar-refractivity contribution in [2.75, 3.05) is 0 Å². The molecule has 2 bridgehead atoms. The second-order valence-electron chi connectivity index (χ2n) is 10.1. The van der Waals surface area contributed by atoms with Gasteiger partial charge in [0.15, 0.2) is 6.10 Å². The van der Waals surface area contributed by atoms with Crippen LogP contribution in [0.3, 0.4) is 0 Å². The van der Waals surface area contributed by atoms with E-state index in [1.165, 1.54) is 0 Å². The molecule has 0 saturated carbocycles. The zero-order valence-electron chi connectivity index (χ0n) is 21.9. The maximum atomic E-state index is 15.7. The first-order valence-corrected chi connectivity index (χ1v) is 12.9. The molecular formula is C30H36F2O6. The zero-order valence-corrected chi connectivity index (χ0v) is 21.9. The van der Waals surface area contributed by atoms with E-state index in [4.69, 9.17) is 14.6 Å². The van der Waals surface area contributed by atoms with Crippen molar-refractivity contribution in [3.05, 3.63) is 83.0 Å². The van der Waals surface area contributed by atoms with E-state index < -0.39 is 42.3 Å². The topological polar surface area (TPSA) is 93.1 Å². The summed E-state index contributed by atoms with van der Waals surface area (Å²) in [6, 6.07) is 9.71. The highest BCUT2D eigenvalue weighted by molar-refractivity contribution is 5.84. The van der Waals surface area contributed by atoms with Crippen LogP contribution < -0.4 is 0 Å². The van der Waals surface area contributed by atoms with Gasteiger partial charge in [-0.05, 0) is 57.1 Å². The monoisotopic (exact) mass is 530 g/mol. The van der Waals surface area contributed by atoms with Gasteiger partial charge in [0, 0.05) is 18.9 Å². The number of aliphatic hydroxyl groups is 1. The van der Waals surface area contributed by atoms with Crippen LogP contribution in [0, 0.1) is 0 Å². The Balaban J connectivity index is 1.83. The van der Waals surface area contributed by atoms with Crippen molar-refractivity contribution in [1.29, 1.82) is 0 Å². The highest BCUT2D eigenvalue weighted by atomic mass is 19.3. The van der Waals surface area contributed by atoms with E-state index in [1.54, 1.807) is 6.08 Å². The van der Waals surface area contributed by atoms with Crippen LogP contribution in [0.1, 0.15) is 64.4 Å². The number of carboxylic acids is 1. The minimum Gasteiger partial charge on any atom is -0.481 e. The van der Waals surface area contributed by atoms with Gasteiger partial charge in [0.05, 0.1) is 12.5 Å². The number of carbonyl (C=O) groups is 2. The Hall–Kier alpha value is -3.10. The first kappa shape index (κ1) is 29.5. The van der Waals surface area contributed by atoms with Crippen molar-refractivity contribution < 1.29 is 38.1 Å². The van der Waals surface area contributed by atoms with Crippen LogP contribution in [-0.2, 0) is 25.5 Å². The normalized spacial score (nSPS) is 30.1. The number of aliphatic carboxylic acids is 1. The number of halogens is 2. The molecule has 8 heteroatoms. The smallest absolute Gasteiger partial charge is 0.336 e. The summed E-state index contributed by atoms with van der Waals surface area (Å²) in [5.74, 6) is -8.93. The third-order valence-electron chi connectivity index (χ3n) is 6.81. The Bertz CT molecular complexity index is 1100. The zero-order chi connectivity index (χ0) is 27.8. The average Bonchev–Trinajstić information content (AvgIpc) is 2.84. The van der Waals surface area contributed by atoms with Crippen molar-refractivity contribution in [1.82, 2.24) is 0 Å². The van der Waals surface area contributed by atoms with Gasteiger partial charge in [-0.1, -0.05) is 65.8 Å². The molecule has 0 spiro atoms. The molecular weight excluding hydrogens is 494 g/mol. The third-order valence-corrected chi connectivity index (χ3v) is 6.81. The van der Waals surface area contributed by atoms with Crippen LogP contribution >= 0.6 is 0 Å². The molecule has 1 saturated heterocycles. The van der Waals surface area contributed by atoms with Crippen LogP contribution in [0.25, 0.3) is 0 Å². The van der Waals surface area contributed by atoms with Crippen LogP contribution in [0.4, 0.5) is 8.78 Å². The number of ether oxygens (including phenoxy) is 2. The minimum atomic E-state index is -3.88. The van der Waals surface area contributed by atoms with E-state index in [1.807, 2.05) is 62.4 Å². The van der Waals surface area contributed by atoms with Crippen LogP contribution in [0.15, 0.2) is 77.4 Å². The molecule has 2 aliphatic heterocycles. The summed E-state index contributed by atoms with van der Waals surface area (Å²) in [5, 5.41) is 20.3. The van der Waals surface area contributed by atoms with E-state index in [9.17, 15) is 14.7 Å². The van der Waals surface area contributed by atoms with Gasteiger partial charge in [0.1, 0.15) is 0 Å². The molecule has 206 valence electrons. The molecule has 0 unspecified atom stereocenters. The van der Waals surface area contributed by atoms with E-state index in [0.717, 1.165) is 22.8 Å². The van der Waals surface area contributed by atoms with Gasteiger partial charge in [-0.3, -0.25) is 4.79 Å². The van der Waals surface area contributed by atoms with Crippen molar-refractivity contribution in [2.24, 2.45) is 0 Å². The second-order valence-corrected chi connectivity index (χ2v) is 10.1. The summed E-state index contributed by atoms with van der Waals surface area (Å²) in [5.41, 5.74) is 3.02. The summed E-state index contributed by atoms with van der Waals surface area (Å²) in [6.45, 7) is 3.66. The highest BCUT2D eigenvalue weighted by Crippen LogP contribution is 2.46. The predicted octanol–water partition coefficient (Wildman–Crippen LogP) is 6.07. The molecule has 0 aliphatic carbocycles. The summed E-state index contributed by atoms with van der Waals surface area (Å²) >= 11 is 0. The molecule has 3 rings (SSSR count). The number of carboxylic acid groups (broad SMARTS) is 1. The number of hydrogen-bond acceptors (Lipinski definition) is 5. The molecule has 1 aromatic carbocycles. The molecule has 0 aromatic heterocycles. The van der Waals surface area contributed by atoms with E-state index in [2.05, 4.69) is 0 Å². The molecule has 1 aromatic rings. The van der Waals surface area contributed by atoms with Gasteiger partial charge in [-0.15, -0.1) is 0 Å². The highest BCUT2D eigenvalue weighted by Gasteiger charge is 2.64. The van der Waals surface area contributed by atoms with Gasteiger partial charge in [0.2, 0.25) is 5.79 Å². The fourth-order valence-electron chi connectivity index (χ4n) is 4.65. The molecule has 0 amide bonds. The van der Waals surface area contributed by atoms with Crippen molar-refractivity contribution >= 4 is 11.9 Å². The van der Waals surface area contributed by atoms with Gasteiger partial charge >= 0.3 is 17.9 Å². The quantitative estimate of drug-likeness (QED) is 0.329. The molecule has 2 heterocycles. The van der Waals surface area contributed by atoms with Gasteiger partial charge in [-0.2, -0.15) is 8.78 Å². The van der Waals surface area contributed by atoms with Crippen molar-refractivity contribution in [3.8, 4) is 0 Å². The second kappa shape index (κ2) is 13.1. The first-order chi connectivity index (χ1) is 18.0. The first-order valence-electron chi connectivity index (χ1n) is 12.9. The Labute approximate surface area is 222 Å². The Morgan fingerprint density at radius 1 is 1.21 bits per heavy atom. The molecule has 6 nitrogen and oxygen atoms in total. The number of rotatable bonds is 7. The summed E-state index contributed by atoms with van der Waals surface area (Å²) < 4.78 is 42.2. The van der Waals surface area contributed by atoms with E-state index in [0.29, 0.717) is 19.3 Å². The van der Waals surface area contributed by atoms with Crippen LogP contribution in [0.5, 0.6) is 0 Å². The maximum absolute atomic E-state index is 15.7. The number of hydrogen-bond donors (Lipinski definition) is 2. The predicted molar refractivity (Wildman–Crippen MR) is 139 cm³/mol. The molecule has 2 N–H and O–H groups in total. The molecule has 1 fully saturated rings. The number of fused-ring (bicyclic) bond motifs is 2. The SMILES string of the molecule is C/C(=C\Cc1ccccc1)CC[C@]1(O)O[C@@H]2C/C(C)=C/C/C=C/C/C(CC(=O)O)=C\C(=O)O[C@H](C2)C1(F)F. The van der Waals surface area contributed by atoms with Crippen LogP contribution in [0.2, 0.25) is 0 Å². The number of carbonyl (C=O) groups excluding carboxylic acids is 1. The number of allylic oxidation sites excluding steroid dienone is 5. The largest absolute Gasteiger partial charge is 0.481 e. The number of benzene rings is 1. The molecule has 2 aliphatic rings. The van der Waals surface area contributed by atoms with E-state index in [-0.39, 0.29) is 31.3 Å². The van der Waals surface area contributed by atoms with Gasteiger partial charge in [0.25, 0.3) is 0 Å². The summed E-state index contributed by atoms with van der Waals surface area (Å²) in [6.07, 6.45) is 6.40. The molecule has 3 atom stereocenters. The number of alkyl halides is 2.